The fourth-order valence-electron chi connectivity index (χ4n) is 7.65. The van der Waals surface area contributed by atoms with Gasteiger partial charge in [-0.15, -0.1) is 0 Å². The van der Waals surface area contributed by atoms with Crippen LogP contribution in [0.3, 0.4) is 0 Å². The molecule has 6 N–H and O–H groups in total. The molecule has 6 rings (SSSR count). The lowest BCUT2D eigenvalue weighted by atomic mass is 10.1. The van der Waals surface area contributed by atoms with Crippen LogP contribution in [0.4, 0.5) is 62.1 Å². The van der Waals surface area contributed by atoms with E-state index in [1.807, 2.05) is 37.5 Å². The topological polar surface area (TPSA) is 308 Å². The van der Waals surface area contributed by atoms with E-state index >= 15 is 0 Å². The van der Waals surface area contributed by atoms with Gasteiger partial charge in [-0.25, -0.2) is 63.5 Å². The normalized spacial score (nSPS) is 12.2. The van der Waals surface area contributed by atoms with Gasteiger partial charge >= 0.3 is 24.1 Å². The predicted molar refractivity (Wildman–Crippen MR) is 310 cm³/mol. The summed E-state index contributed by atoms with van der Waals surface area (Å²) in [6.45, 7) is 11.0. The molecule has 4 aromatic carbocycles. The Kier molecular flexibility index (Phi) is 23.5. The summed E-state index contributed by atoms with van der Waals surface area (Å²) in [4.78, 5) is 70.6. The predicted octanol–water partition coefficient (Wildman–Crippen LogP) is 7.61. The number of rotatable bonds is 26. The van der Waals surface area contributed by atoms with Gasteiger partial charge in [0.15, 0.2) is 31.3 Å². The van der Waals surface area contributed by atoms with Crippen molar-refractivity contribution in [2.45, 2.75) is 74.7 Å². The van der Waals surface area contributed by atoms with E-state index in [1.54, 1.807) is 52.5 Å². The lowest BCUT2D eigenvalue weighted by Gasteiger charge is -2.24. The van der Waals surface area contributed by atoms with Gasteiger partial charge in [0.1, 0.15) is 58.1 Å². The molecule has 0 aliphatic heterocycles. The quantitative estimate of drug-likeness (QED) is 0.0285. The number of benzene rings is 4. The fourth-order valence-corrected chi connectivity index (χ4v) is 9.99. The molecule has 0 fully saturated rings. The number of aromatic nitrogens is 4. The first kappa shape index (κ1) is 66.7. The molecule has 0 aliphatic rings. The maximum Gasteiger partial charge on any atom is 0.414 e. The summed E-state index contributed by atoms with van der Waals surface area (Å²) in [6, 6.07) is 14.1. The number of aliphatic carboxylic acids is 2. The third-order valence-electron chi connectivity index (χ3n) is 12.4. The van der Waals surface area contributed by atoms with Crippen molar-refractivity contribution in [1.82, 2.24) is 29.7 Å². The Morgan fingerprint density at radius 1 is 0.553 bits per heavy atom. The van der Waals surface area contributed by atoms with Crippen LogP contribution in [0, 0.1) is 23.3 Å². The summed E-state index contributed by atoms with van der Waals surface area (Å²) in [5.74, 6) is -6.26. The Hall–Kier alpha value is -9.06. The zero-order chi connectivity index (χ0) is 62.9. The van der Waals surface area contributed by atoms with Gasteiger partial charge in [0, 0.05) is 79.3 Å². The number of carboxylic acid groups (broad SMARTS) is 2. The van der Waals surface area contributed by atoms with E-state index in [-0.39, 0.29) is 59.2 Å². The highest BCUT2D eigenvalue weighted by Gasteiger charge is 2.29. The van der Waals surface area contributed by atoms with Gasteiger partial charge in [-0.05, 0) is 94.3 Å². The van der Waals surface area contributed by atoms with Gasteiger partial charge in [-0.1, -0.05) is 24.3 Å². The lowest BCUT2D eigenvalue weighted by molar-refractivity contribution is -0.138. The maximum atomic E-state index is 13.8. The van der Waals surface area contributed by atoms with Gasteiger partial charge < -0.3 is 60.6 Å². The van der Waals surface area contributed by atoms with Crippen LogP contribution in [0.25, 0.3) is 0 Å². The molecule has 0 aliphatic carbocycles. The SMILES string of the molecule is CCN(CC)c1ncc(NC(C)S(=O)(=O)c2cc(F)cc(F)c2)c(NC(Cc2ccc(OC(=O)N(C)C)cc2)C(=O)O)n1.CCN(CC)c1ncc(NCS(=O)(=O)c2cc(F)cc(F)c2)c(NC(Cc2ccc(OC(=O)N(C)C)cc2)C(=O)O)n1. The molecule has 24 nitrogen and oxygen atoms in total. The highest BCUT2D eigenvalue weighted by atomic mass is 32.2. The van der Waals surface area contributed by atoms with E-state index in [1.165, 1.54) is 53.4 Å². The van der Waals surface area contributed by atoms with E-state index in [4.69, 9.17) is 9.47 Å². The number of anilines is 6. The van der Waals surface area contributed by atoms with Crippen LogP contribution in [0.1, 0.15) is 45.7 Å². The number of nitrogens with one attached hydrogen (secondary N) is 4. The lowest BCUT2D eigenvalue weighted by Crippen LogP contribution is -2.34. The first-order valence-corrected chi connectivity index (χ1v) is 29.4. The molecular formula is C55H66F4N12O12S2. The molecule has 6 aromatic rings. The van der Waals surface area contributed by atoms with Gasteiger partial charge in [0.05, 0.1) is 33.6 Å². The zero-order valence-electron chi connectivity index (χ0n) is 47.8. The summed E-state index contributed by atoms with van der Waals surface area (Å²) in [6.07, 6.45) is 1.46. The standard InChI is InChI=1S/C28H34F2N6O6S.C27H32F2N6O6S/c1-6-36(7-2)27-31-16-24(32-17(3)43(40,41)22-14-19(29)13-20(30)15-22)25(34-27)33-23(26(37)38)12-18-8-10-21(11-9-18)42-28(39)35(4)5;1-5-35(6-2)26-30-15-23(31-16-42(39,40)21-13-18(28)12-19(29)14-21)24(33-26)32-22(25(36)37)11-17-7-9-20(10-8-17)41-27(38)34(3)4/h8-11,13-17,23,32H,6-7,12H2,1-5H3,(H,37,38)(H,31,33,34);7-10,12-15,22,31H,5-6,11,16H2,1-4H3,(H,36,37)(H,30,32,33). The number of amides is 2. The Bertz CT molecular complexity index is 3490. The number of hydrogen-bond donors (Lipinski definition) is 6. The minimum absolute atomic E-state index is 0.00769. The molecule has 3 atom stereocenters. The van der Waals surface area contributed by atoms with Crippen LogP contribution >= 0.6 is 0 Å². The third-order valence-corrected chi connectivity index (χ3v) is 15.8. The van der Waals surface area contributed by atoms with Crippen molar-refractivity contribution in [3.63, 3.8) is 0 Å². The van der Waals surface area contributed by atoms with Crippen LogP contribution in [-0.4, -0.2) is 159 Å². The number of halogens is 4. The van der Waals surface area contributed by atoms with Gasteiger partial charge in [-0.3, -0.25) is 0 Å². The van der Waals surface area contributed by atoms with E-state index in [2.05, 4.69) is 41.2 Å². The van der Waals surface area contributed by atoms with Gasteiger partial charge in [0.25, 0.3) is 0 Å². The van der Waals surface area contributed by atoms with Crippen molar-refractivity contribution in [2.24, 2.45) is 0 Å². The van der Waals surface area contributed by atoms with Crippen LogP contribution in [0.2, 0.25) is 0 Å². The molecule has 0 spiro atoms. The largest absolute Gasteiger partial charge is 0.480 e. The molecule has 2 aromatic heterocycles. The molecular weight excluding hydrogens is 1160 g/mol. The number of carboxylic acids is 2. The summed E-state index contributed by atoms with van der Waals surface area (Å²) in [5.41, 5.74) is 1.31. The molecule has 30 heteroatoms. The minimum atomic E-state index is -4.29. The summed E-state index contributed by atoms with van der Waals surface area (Å²) >= 11 is 0. The van der Waals surface area contributed by atoms with E-state index in [0.717, 1.165) is 0 Å². The second kappa shape index (κ2) is 30.0. The Morgan fingerprint density at radius 3 is 1.28 bits per heavy atom. The maximum absolute atomic E-state index is 13.8. The fraction of sp³-hybridized carbons (Fsp3) is 0.345. The number of hydrogen-bond acceptors (Lipinski definition) is 20. The molecule has 0 bridgehead atoms. The number of ether oxygens (including phenoxy) is 2. The van der Waals surface area contributed by atoms with Crippen molar-refractivity contribution in [1.29, 1.82) is 0 Å². The van der Waals surface area contributed by atoms with Crippen molar-refractivity contribution in [3.05, 3.63) is 132 Å². The van der Waals surface area contributed by atoms with Crippen molar-refractivity contribution in [3.8, 4) is 11.5 Å². The third kappa shape index (κ3) is 19.0. The van der Waals surface area contributed by atoms with Crippen molar-refractivity contribution in [2.75, 3.05) is 91.3 Å². The molecule has 0 saturated heterocycles. The average molecular weight is 1230 g/mol. The average Bonchev–Trinajstić information content (AvgIpc) is 3.45. The van der Waals surface area contributed by atoms with E-state index in [9.17, 15) is 63.8 Å². The second-order valence-corrected chi connectivity index (χ2v) is 23.2. The van der Waals surface area contributed by atoms with Crippen LogP contribution in [0.15, 0.2) is 107 Å². The molecule has 2 amide bonds. The summed E-state index contributed by atoms with van der Waals surface area (Å²) in [7, 11) is -2.33. The molecule has 3 unspecified atom stereocenters. The Labute approximate surface area is 489 Å². The van der Waals surface area contributed by atoms with E-state index < -0.39 is 100 Å². The summed E-state index contributed by atoms with van der Waals surface area (Å²) in [5, 5.41) is 29.7. The number of carbonyl (C=O) groups excluding carboxylic acids is 2. The highest BCUT2D eigenvalue weighted by Crippen LogP contribution is 2.29. The molecule has 0 radical (unpaired) electrons. The highest BCUT2D eigenvalue weighted by molar-refractivity contribution is 7.92. The van der Waals surface area contributed by atoms with Gasteiger partial charge in [-0.2, -0.15) is 9.97 Å². The Balaban J connectivity index is 0.000000311. The molecule has 458 valence electrons. The van der Waals surface area contributed by atoms with Crippen molar-refractivity contribution >= 4 is 78.7 Å². The number of nitrogens with zero attached hydrogens (tertiary/aromatic N) is 8. The number of carbonyl (C=O) groups is 4. The second-order valence-electron chi connectivity index (χ2n) is 19.0. The first-order chi connectivity index (χ1) is 40.1. The van der Waals surface area contributed by atoms with E-state index in [0.29, 0.717) is 73.7 Å². The molecule has 85 heavy (non-hydrogen) atoms. The smallest absolute Gasteiger partial charge is 0.414 e. The minimum Gasteiger partial charge on any atom is -0.480 e. The zero-order valence-corrected chi connectivity index (χ0v) is 49.4. The van der Waals surface area contributed by atoms with Gasteiger partial charge in [0.2, 0.25) is 11.9 Å². The van der Waals surface area contributed by atoms with Crippen LogP contribution in [-0.2, 0) is 42.1 Å². The van der Waals surface area contributed by atoms with Crippen LogP contribution < -0.4 is 40.5 Å². The van der Waals surface area contributed by atoms with Crippen molar-refractivity contribution < 1.29 is 73.3 Å². The summed E-state index contributed by atoms with van der Waals surface area (Å²) < 4.78 is 117. The first-order valence-electron chi connectivity index (χ1n) is 26.2. The van der Waals surface area contributed by atoms with Crippen LogP contribution in [0.5, 0.6) is 11.5 Å². The number of sulfone groups is 2. The molecule has 2 heterocycles. The molecule has 0 saturated carbocycles. The monoisotopic (exact) mass is 1230 g/mol. The Morgan fingerprint density at radius 2 is 0.918 bits per heavy atom.